The fourth-order valence-electron chi connectivity index (χ4n) is 2.28. The highest BCUT2D eigenvalue weighted by Gasteiger charge is 2.19. The summed E-state index contributed by atoms with van der Waals surface area (Å²) in [5, 5.41) is 3.46. The summed E-state index contributed by atoms with van der Waals surface area (Å²) in [5.41, 5.74) is 2.55. The molecule has 1 aliphatic heterocycles. The Hall–Kier alpha value is -1.19. The van der Waals surface area contributed by atoms with Crippen LogP contribution in [0.25, 0.3) is 10.4 Å². The Bertz CT molecular complexity index is 530. The Kier molecular flexibility index (Phi) is 2.73. The minimum absolute atomic E-state index is 0.176. The highest BCUT2D eigenvalue weighted by molar-refractivity contribution is 7.15. The Morgan fingerprint density at radius 3 is 2.76 bits per heavy atom. The first-order chi connectivity index (χ1) is 8.24. The van der Waals surface area contributed by atoms with E-state index in [1.165, 1.54) is 27.5 Å². The van der Waals surface area contributed by atoms with Crippen LogP contribution in [0.1, 0.15) is 23.4 Å². The van der Waals surface area contributed by atoms with Crippen LogP contribution in [0.5, 0.6) is 0 Å². The second-order valence-electron chi connectivity index (χ2n) is 4.43. The molecule has 0 saturated carbocycles. The van der Waals surface area contributed by atoms with Crippen LogP contribution in [0.4, 0.5) is 4.39 Å². The summed E-state index contributed by atoms with van der Waals surface area (Å²) in [6.07, 6.45) is 1.09. The third-order valence-corrected chi connectivity index (χ3v) is 4.62. The maximum absolute atomic E-state index is 12.9. The van der Waals surface area contributed by atoms with Crippen molar-refractivity contribution in [2.75, 3.05) is 6.54 Å². The molecule has 3 heteroatoms. The van der Waals surface area contributed by atoms with Gasteiger partial charge in [0.05, 0.1) is 0 Å². The van der Waals surface area contributed by atoms with Gasteiger partial charge in [0.1, 0.15) is 5.82 Å². The Morgan fingerprint density at radius 2 is 2.06 bits per heavy atom. The fourth-order valence-corrected chi connectivity index (χ4v) is 3.52. The van der Waals surface area contributed by atoms with Crippen LogP contribution in [0, 0.1) is 5.82 Å². The van der Waals surface area contributed by atoms with Gasteiger partial charge in [0.2, 0.25) is 0 Å². The number of rotatable bonds is 1. The smallest absolute Gasteiger partial charge is 0.123 e. The zero-order chi connectivity index (χ0) is 11.8. The van der Waals surface area contributed by atoms with E-state index in [0.29, 0.717) is 6.04 Å². The minimum atomic E-state index is -0.176. The van der Waals surface area contributed by atoms with Crippen molar-refractivity contribution in [2.24, 2.45) is 0 Å². The average molecular weight is 247 g/mol. The normalized spacial score (nSPS) is 19.1. The number of thiophene rings is 1. The summed E-state index contributed by atoms with van der Waals surface area (Å²) >= 11 is 1.82. The van der Waals surface area contributed by atoms with Crippen molar-refractivity contribution in [1.29, 1.82) is 0 Å². The van der Waals surface area contributed by atoms with Crippen molar-refractivity contribution >= 4 is 11.3 Å². The highest BCUT2D eigenvalue weighted by Crippen LogP contribution is 2.36. The van der Waals surface area contributed by atoms with E-state index in [4.69, 9.17) is 0 Å². The highest BCUT2D eigenvalue weighted by atomic mass is 32.1. The van der Waals surface area contributed by atoms with Crippen LogP contribution in [-0.4, -0.2) is 6.54 Å². The molecule has 1 unspecified atom stereocenters. The SMILES string of the molecule is CC1NCCc2cc(-c3ccc(F)cc3)sc21. The molecule has 0 amide bonds. The predicted molar refractivity (Wildman–Crippen MR) is 69.8 cm³/mol. The summed E-state index contributed by atoms with van der Waals surface area (Å²) < 4.78 is 12.9. The van der Waals surface area contributed by atoms with Gasteiger partial charge in [-0.2, -0.15) is 0 Å². The van der Waals surface area contributed by atoms with Gasteiger partial charge in [-0.1, -0.05) is 12.1 Å². The number of hydrogen-bond donors (Lipinski definition) is 1. The summed E-state index contributed by atoms with van der Waals surface area (Å²) in [7, 11) is 0. The van der Waals surface area contributed by atoms with Gasteiger partial charge in [0.15, 0.2) is 0 Å². The van der Waals surface area contributed by atoms with Gasteiger partial charge < -0.3 is 5.32 Å². The van der Waals surface area contributed by atoms with Crippen LogP contribution in [0.2, 0.25) is 0 Å². The first-order valence-corrected chi connectivity index (χ1v) is 6.67. The lowest BCUT2D eigenvalue weighted by molar-refractivity contribution is 0.551. The second kappa shape index (κ2) is 4.24. The number of fused-ring (bicyclic) bond motifs is 1. The van der Waals surface area contributed by atoms with E-state index in [9.17, 15) is 4.39 Å². The van der Waals surface area contributed by atoms with Crippen molar-refractivity contribution in [1.82, 2.24) is 5.32 Å². The number of benzene rings is 1. The Morgan fingerprint density at radius 1 is 1.29 bits per heavy atom. The quantitative estimate of drug-likeness (QED) is 0.809. The second-order valence-corrected chi connectivity index (χ2v) is 5.52. The molecule has 0 saturated heterocycles. The van der Waals surface area contributed by atoms with E-state index in [2.05, 4.69) is 18.3 Å². The molecular formula is C14H14FNS. The Balaban J connectivity index is 2.02. The molecule has 2 aromatic rings. The summed E-state index contributed by atoms with van der Waals surface area (Å²) in [6, 6.07) is 9.45. The molecule has 2 heterocycles. The lowest BCUT2D eigenvalue weighted by atomic mass is 10.0. The minimum Gasteiger partial charge on any atom is -0.309 e. The molecule has 1 aliphatic rings. The van der Waals surface area contributed by atoms with E-state index < -0.39 is 0 Å². The van der Waals surface area contributed by atoms with Crippen molar-refractivity contribution in [3.05, 3.63) is 46.6 Å². The zero-order valence-electron chi connectivity index (χ0n) is 9.66. The lowest BCUT2D eigenvalue weighted by Gasteiger charge is -2.19. The molecule has 88 valence electrons. The van der Waals surface area contributed by atoms with Gasteiger partial charge in [-0.25, -0.2) is 4.39 Å². The van der Waals surface area contributed by atoms with Crippen LogP contribution in [0.3, 0.4) is 0 Å². The van der Waals surface area contributed by atoms with E-state index in [1.54, 1.807) is 0 Å². The molecule has 3 rings (SSSR count). The Labute approximate surface area is 104 Å². The van der Waals surface area contributed by atoms with Gasteiger partial charge in [0, 0.05) is 15.8 Å². The first-order valence-electron chi connectivity index (χ1n) is 5.86. The monoisotopic (exact) mass is 247 g/mol. The van der Waals surface area contributed by atoms with E-state index >= 15 is 0 Å². The van der Waals surface area contributed by atoms with Crippen LogP contribution in [-0.2, 0) is 6.42 Å². The average Bonchev–Trinajstić information content (AvgIpc) is 2.75. The maximum Gasteiger partial charge on any atom is 0.123 e. The standard InChI is InChI=1S/C14H14FNS/c1-9-14-11(6-7-16-9)8-13(17-14)10-2-4-12(15)5-3-10/h2-5,8-9,16H,6-7H2,1H3. The molecule has 1 aromatic heterocycles. The third kappa shape index (κ3) is 2.01. The molecule has 0 aliphatic carbocycles. The molecule has 0 bridgehead atoms. The molecule has 0 fully saturated rings. The van der Waals surface area contributed by atoms with Crippen molar-refractivity contribution in [3.63, 3.8) is 0 Å². The number of halogens is 1. The molecule has 0 radical (unpaired) electrons. The number of nitrogens with one attached hydrogen (secondary N) is 1. The fraction of sp³-hybridized carbons (Fsp3) is 0.286. The first kappa shape index (κ1) is 10.9. The molecule has 0 spiro atoms. The lowest BCUT2D eigenvalue weighted by Crippen LogP contribution is -2.26. The molecule has 1 nitrogen and oxygen atoms in total. The van der Waals surface area contributed by atoms with Crippen LogP contribution in [0.15, 0.2) is 30.3 Å². The predicted octanol–water partition coefficient (Wildman–Crippen LogP) is 3.76. The molecule has 1 atom stereocenters. The van der Waals surface area contributed by atoms with Gasteiger partial charge in [-0.05, 0) is 49.2 Å². The van der Waals surface area contributed by atoms with Gasteiger partial charge in [-0.3, -0.25) is 0 Å². The van der Waals surface area contributed by atoms with Crippen LogP contribution < -0.4 is 5.32 Å². The van der Waals surface area contributed by atoms with E-state index in [-0.39, 0.29) is 5.82 Å². The zero-order valence-corrected chi connectivity index (χ0v) is 10.5. The van der Waals surface area contributed by atoms with Gasteiger partial charge in [-0.15, -0.1) is 11.3 Å². The maximum atomic E-state index is 12.9. The van der Waals surface area contributed by atoms with Crippen LogP contribution >= 0.6 is 11.3 Å². The van der Waals surface area contributed by atoms with Crippen molar-refractivity contribution in [3.8, 4) is 10.4 Å². The van der Waals surface area contributed by atoms with Crippen molar-refractivity contribution < 1.29 is 4.39 Å². The third-order valence-electron chi connectivity index (χ3n) is 3.21. The van der Waals surface area contributed by atoms with Crippen molar-refractivity contribution in [2.45, 2.75) is 19.4 Å². The number of hydrogen-bond acceptors (Lipinski definition) is 2. The van der Waals surface area contributed by atoms with E-state index in [0.717, 1.165) is 18.5 Å². The summed E-state index contributed by atoms with van der Waals surface area (Å²) in [5.74, 6) is -0.176. The van der Waals surface area contributed by atoms with Gasteiger partial charge in [0.25, 0.3) is 0 Å². The van der Waals surface area contributed by atoms with E-state index in [1.807, 2.05) is 23.5 Å². The summed E-state index contributed by atoms with van der Waals surface area (Å²) in [6.45, 7) is 3.25. The topological polar surface area (TPSA) is 12.0 Å². The largest absolute Gasteiger partial charge is 0.309 e. The molecule has 1 aromatic carbocycles. The molecule has 17 heavy (non-hydrogen) atoms. The van der Waals surface area contributed by atoms with Gasteiger partial charge >= 0.3 is 0 Å². The molecular weight excluding hydrogens is 233 g/mol. The molecule has 1 N–H and O–H groups in total. The summed E-state index contributed by atoms with van der Waals surface area (Å²) in [4.78, 5) is 2.67.